The van der Waals surface area contributed by atoms with Crippen LogP contribution in [0.1, 0.15) is 43.3 Å². The number of rotatable bonds is 3. The Morgan fingerprint density at radius 2 is 2.04 bits per heavy atom. The lowest BCUT2D eigenvalue weighted by molar-refractivity contribution is 0.301. The standard InChI is InChI=1S/C18H19BrN4O/c1-24-18-10-17-13(9-15(18)19)11-23(22-17)14-6-4-12(5-7-14)16-3-2-8-20-21-16/h2-3,8-12,14H,4-7H2,1H3. The van der Waals surface area contributed by atoms with Gasteiger partial charge < -0.3 is 4.74 Å². The Bertz CT molecular complexity index is 841. The lowest BCUT2D eigenvalue weighted by atomic mass is 9.84. The normalized spacial score (nSPS) is 21.1. The SMILES string of the molecule is COc1cc2nn(C3CCC(c4cccnn4)CC3)cc2cc1Br. The average Bonchev–Trinajstić information content (AvgIpc) is 3.04. The van der Waals surface area contributed by atoms with Crippen LogP contribution in [-0.4, -0.2) is 27.1 Å². The predicted molar refractivity (Wildman–Crippen MR) is 96.3 cm³/mol. The molecule has 24 heavy (non-hydrogen) atoms. The number of hydrogen-bond acceptors (Lipinski definition) is 4. The second kappa shape index (κ2) is 6.51. The van der Waals surface area contributed by atoms with Gasteiger partial charge in [-0.05, 0) is 59.8 Å². The van der Waals surface area contributed by atoms with Crippen LogP contribution in [0.15, 0.2) is 41.1 Å². The molecule has 2 heterocycles. The van der Waals surface area contributed by atoms with E-state index in [9.17, 15) is 0 Å². The summed E-state index contributed by atoms with van der Waals surface area (Å²) in [6.45, 7) is 0. The van der Waals surface area contributed by atoms with E-state index in [0.717, 1.165) is 52.5 Å². The molecule has 4 rings (SSSR count). The summed E-state index contributed by atoms with van der Waals surface area (Å²) in [7, 11) is 1.68. The fourth-order valence-electron chi connectivity index (χ4n) is 3.55. The molecule has 1 aromatic carbocycles. The van der Waals surface area contributed by atoms with Crippen molar-refractivity contribution in [2.45, 2.75) is 37.6 Å². The summed E-state index contributed by atoms with van der Waals surface area (Å²) in [4.78, 5) is 0. The highest BCUT2D eigenvalue weighted by atomic mass is 79.9. The first-order chi connectivity index (χ1) is 11.7. The summed E-state index contributed by atoms with van der Waals surface area (Å²) in [5.41, 5.74) is 2.10. The first-order valence-electron chi connectivity index (χ1n) is 8.24. The van der Waals surface area contributed by atoms with Crippen molar-refractivity contribution in [2.24, 2.45) is 0 Å². The monoisotopic (exact) mass is 386 g/mol. The molecule has 6 heteroatoms. The van der Waals surface area contributed by atoms with E-state index in [1.165, 1.54) is 0 Å². The molecule has 1 saturated carbocycles. The van der Waals surface area contributed by atoms with Crippen molar-refractivity contribution in [1.29, 1.82) is 0 Å². The Balaban J connectivity index is 1.52. The van der Waals surface area contributed by atoms with Crippen molar-refractivity contribution < 1.29 is 4.74 Å². The molecule has 0 unspecified atom stereocenters. The molecule has 0 amide bonds. The van der Waals surface area contributed by atoms with Crippen LogP contribution in [0.5, 0.6) is 5.75 Å². The van der Waals surface area contributed by atoms with Crippen LogP contribution < -0.4 is 4.74 Å². The third-order valence-electron chi connectivity index (χ3n) is 4.88. The number of aromatic nitrogens is 4. The molecule has 5 nitrogen and oxygen atoms in total. The molecule has 1 aliphatic rings. The lowest BCUT2D eigenvalue weighted by Crippen LogP contribution is -2.18. The number of fused-ring (bicyclic) bond motifs is 1. The number of hydrogen-bond donors (Lipinski definition) is 0. The van der Waals surface area contributed by atoms with E-state index in [4.69, 9.17) is 9.84 Å². The summed E-state index contributed by atoms with van der Waals surface area (Å²) < 4.78 is 8.45. The maximum absolute atomic E-state index is 5.36. The van der Waals surface area contributed by atoms with Crippen LogP contribution in [0, 0.1) is 0 Å². The van der Waals surface area contributed by atoms with Crippen LogP contribution >= 0.6 is 15.9 Å². The van der Waals surface area contributed by atoms with Crippen molar-refractivity contribution in [2.75, 3.05) is 7.11 Å². The molecule has 3 aromatic rings. The van der Waals surface area contributed by atoms with Gasteiger partial charge in [0.25, 0.3) is 0 Å². The van der Waals surface area contributed by atoms with Gasteiger partial charge in [0, 0.05) is 29.8 Å². The number of benzene rings is 1. The Morgan fingerprint density at radius 1 is 1.21 bits per heavy atom. The fraction of sp³-hybridized carbons (Fsp3) is 0.389. The highest BCUT2D eigenvalue weighted by Crippen LogP contribution is 2.38. The first-order valence-corrected chi connectivity index (χ1v) is 9.04. The third kappa shape index (κ3) is 2.90. The molecule has 0 atom stereocenters. The maximum atomic E-state index is 5.36. The zero-order chi connectivity index (χ0) is 16.5. The van der Waals surface area contributed by atoms with E-state index in [-0.39, 0.29) is 0 Å². The Labute approximate surface area is 149 Å². The van der Waals surface area contributed by atoms with Crippen LogP contribution in [0.25, 0.3) is 10.9 Å². The molecule has 0 aliphatic heterocycles. The van der Waals surface area contributed by atoms with Gasteiger partial charge in [-0.1, -0.05) is 0 Å². The lowest BCUT2D eigenvalue weighted by Gasteiger charge is -2.28. The van der Waals surface area contributed by atoms with Crippen LogP contribution in [0.2, 0.25) is 0 Å². The molecular formula is C18H19BrN4O. The van der Waals surface area contributed by atoms with Crippen LogP contribution in [0.3, 0.4) is 0 Å². The number of methoxy groups -OCH3 is 1. The number of ether oxygens (including phenoxy) is 1. The highest BCUT2D eigenvalue weighted by Gasteiger charge is 2.25. The molecule has 2 aromatic heterocycles. The molecule has 124 valence electrons. The molecule has 1 aliphatic carbocycles. The van der Waals surface area contributed by atoms with Gasteiger partial charge in [-0.15, -0.1) is 0 Å². The van der Waals surface area contributed by atoms with E-state index in [0.29, 0.717) is 12.0 Å². The van der Waals surface area contributed by atoms with Gasteiger partial charge in [0.2, 0.25) is 0 Å². The number of halogens is 1. The predicted octanol–water partition coefficient (Wildman–Crippen LogP) is 4.50. The fourth-order valence-corrected chi connectivity index (χ4v) is 4.08. The van der Waals surface area contributed by atoms with Crippen LogP contribution in [0.4, 0.5) is 0 Å². The van der Waals surface area contributed by atoms with Gasteiger partial charge in [0.15, 0.2) is 0 Å². The van der Waals surface area contributed by atoms with E-state index in [2.05, 4.69) is 49.1 Å². The quantitative estimate of drug-likeness (QED) is 0.664. The molecule has 0 radical (unpaired) electrons. The molecule has 0 N–H and O–H groups in total. The minimum absolute atomic E-state index is 0.454. The van der Waals surface area contributed by atoms with Crippen molar-refractivity contribution in [1.82, 2.24) is 20.0 Å². The van der Waals surface area contributed by atoms with Crippen molar-refractivity contribution in [3.05, 3.63) is 46.8 Å². The van der Waals surface area contributed by atoms with E-state index < -0.39 is 0 Å². The third-order valence-corrected chi connectivity index (χ3v) is 5.50. The van der Waals surface area contributed by atoms with E-state index in [1.54, 1.807) is 13.3 Å². The van der Waals surface area contributed by atoms with Gasteiger partial charge >= 0.3 is 0 Å². The Morgan fingerprint density at radius 3 is 2.75 bits per heavy atom. The Hall–Kier alpha value is -1.95. The summed E-state index contributed by atoms with van der Waals surface area (Å²) in [6, 6.07) is 8.57. The zero-order valence-corrected chi connectivity index (χ0v) is 15.1. The maximum Gasteiger partial charge on any atom is 0.135 e. The molecule has 1 fully saturated rings. The van der Waals surface area contributed by atoms with Crippen molar-refractivity contribution in [3.8, 4) is 5.75 Å². The zero-order valence-electron chi connectivity index (χ0n) is 13.5. The summed E-state index contributed by atoms with van der Waals surface area (Å²) >= 11 is 3.54. The molecule has 0 bridgehead atoms. The van der Waals surface area contributed by atoms with Crippen molar-refractivity contribution in [3.63, 3.8) is 0 Å². The number of nitrogens with zero attached hydrogens (tertiary/aromatic N) is 4. The molecule has 0 spiro atoms. The van der Waals surface area contributed by atoms with Gasteiger partial charge in [-0.2, -0.15) is 15.3 Å². The second-order valence-electron chi connectivity index (χ2n) is 6.31. The summed E-state index contributed by atoms with van der Waals surface area (Å²) in [5.74, 6) is 1.34. The minimum Gasteiger partial charge on any atom is -0.495 e. The average molecular weight is 387 g/mol. The van der Waals surface area contributed by atoms with E-state index >= 15 is 0 Å². The summed E-state index contributed by atoms with van der Waals surface area (Å²) in [5, 5.41) is 14.2. The van der Waals surface area contributed by atoms with E-state index in [1.807, 2.05) is 12.1 Å². The first kappa shape index (κ1) is 15.6. The van der Waals surface area contributed by atoms with Crippen molar-refractivity contribution >= 4 is 26.8 Å². The largest absolute Gasteiger partial charge is 0.495 e. The topological polar surface area (TPSA) is 52.8 Å². The summed E-state index contributed by atoms with van der Waals surface area (Å²) in [6.07, 6.45) is 8.38. The highest BCUT2D eigenvalue weighted by molar-refractivity contribution is 9.10. The molecule has 0 saturated heterocycles. The van der Waals surface area contributed by atoms with Crippen LogP contribution in [-0.2, 0) is 0 Å². The smallest absolute Gasteiger partial charge is 0.135 e. The molecular weight excluding hydrogens is 368 g/mol. The second-order valence-corrected chi connectivity index (χ2v) is 7.16. The minimum atomic E-state index is 0.454. The Kier molecular flexibility index (Phi) is 4.22. The van der Waals surface area contributed by atoms with Gasteiger partial charge in [-0.25, -0.2) is 0 Å². The van der Waals surface area contributed by atoms with Gasteiger partial charge in [-0.3, -0.25) is 4.68 Å². The van der Waals surface area contributed by atoms with Gasteiger partial charge in [0.05, 0.1) is 28.8 Å². The van der Waals surface area contributed by atoms with Gasteiger partial charge in [0.1, 0.15) is 5.75 Å².